The second kappa shape index (κ2) is 8.10. The molecule has 6 nitrogen and oxygen atoms in total. The Morgan fingerprint density at radius 2 is 2.14 bits per heavy atom. The van der Waals surface area contributed by atoms with E-state index < -0.39 is 0 Å². The van der Waals surface area contributed by atoms with Crippen molar-refractivity contribution in [2.75, 3.05) is 18.0 Å². The van der Waals surface area contributed by atoms with Crippen LogP contribution in [-0.2, 0) is 4.79 Å². The van der Waals surface area contributed by atoms with Crippen molar-refractivity contribution in [3.63, 3.8) is 0 Å². The zero-order valence-electron chi connectivity index (χ0n) is 17.0. The first-order valence-electron chi connectivity index (χ1n) is 10.1. The lowest BCUT2D eigenvalue weighted by Crippen LogP contribution is -2.45. The topological polar surface area (TPSA) is 63.1 Å². The standard InChI is InChI=1S/C21H26FN5OS/c1-4-13(2)23-20(28)15-6-5-11-26(12-15)21-24-19-18(29-21)14(3)25-27(19)17-9-7-16(22)8-10-17/h7-10,13,15H,4-6,11-12H2,1-3H3,(H,23,28)/t13-,15+/m1/s1. The van der Waals surface area contributed by atoms with Crippen LogP contribution in [0.15, 0.2) is 24.3 Å². The van der Waals surface area contributed by atoms with Gasteiger partial charge in [-0.1, -0.05) is 18.3 Å². The molecule has 1 saturated heterocycles. The van der Waals surface area contributed by atoms with Gasteiger partial charge < -0.3 is 10.2 Å². The lowest BCUT2D eigenvalue weighted by atomic mass is 9.97. The first-order valence-corrected chi connectivity index (χ1v) is 10.9. The highest BCUT2D eigenvalue weighted by atomic mass is 32.1. The first-order chi connectivity index (χ1) is 14.0. The van der Waals surface area contributed by atoms with Crippen LogP contribution >= 0.6 is 11.3 Å². The number of halogens is 1. The number of carbonyl (C=O) groups excluding carboxylic acids is 1. The number of hydrogen-bond donors (Lipinski definition) is 1. The SMILES string of the molecule is CC[C@@H](C)NC(=O)[C@H]1CCCN(c2nc3c(s2)c(C)nn3-c2ccc(F)cc2)C1. The minimum atomic E-state index is -0.275. The molecule has 2 aromatic heterocycles. The van der Waals surface area contributed by atoms with Crippen molar-refractivity contribution in [3.05, 3.63) is 35.8 Å². The highest BCUT2D eigenvalue weighted by molar-refractivity contribution is 7.22. The van der Waals surface area contributed by atoms with Crippen molar-refractivity contribution in [1.82, 2.24) is 20.1 Å². The Balaban J connectivity index is 1.59. The van der Waals surface area contributed by atoms with Gasteiger partial charge in [-0.05, 0) is 57.4 Å². The molecule has 3 aromatic rings. The van der Waals surface area contributed by atoms with Crippen molar-refractivity contribution in [2.45, 2.75) is 46.1 Å². The predicted molar refractivity (Wildman–Crippen MR) is 114 cm³/mol. The van der Waals surface area contributed by atoms with Gasteiger partial charge in [-0.15, -0.1) is 0 Å². The van der Waals surface area contributed by atoms with Gasteiger partial charge in [-0.3, -0.25) is 4.79 Å². The molecule has 1 aliphatic rings. The molecule has 1 aliphatic heterocycles. The molecule has 29 heavy (non-hydrogen) atoms. The summed E-state index contributed by atoms with van der Waals surface area (Å²) in [6.07, 6.45) is 2.81. The average molecular weight is 416 g/mol. The summed E-state index contributed by atoms with van der Waals surface area (Å²) in [7, 11) is 0. The lowest BCUT2D eigenvalue weighted by Gasteiger charge is -2.32. The number of fused-ring (bicyclic) bond motifs is 1. The van der Waals surface area contributed by atoms with Crippen LogP contribution in [0.25, 0.3) is 16.0 Å². The molecule has 2 atom stereocenters. The van der Waals surface area contributed by atoms with E-state index in [-0.39, 0.29) is 23.7 Å². The van der Waals surface area contributed by atoms with E-state index in [4.69, 9.17) is 4.98 Å². The average Bonchev–Trinajstić information content (AvgIpc) is 3.29. The van der Waals surface area contributed by atoms with Gasteiger partial charge in [-0.2, -0.15) is 10.1 Å². The van der Waals surface area contributed by atoms with Crippen molar-refractivity contribution in [3.8, 4) is 5.69 Å². The fourth-order valence-electron chi connectivity index (χ4n) is 3.65. The summed E-state index contributed by atoms with van der Waals surface area (Å²) in [6, 6.07) is 6.46. The van der Waals surface area contributed by atoms with Gasteiger partial charge in [0, 0.05) is 19.1 Å². The van der Waals surface area contributed by atoms with Crippen molar-refractivity contribution >= 4 is 32.7 Å². The van der Waals surface area contributed by atoms with Gasteiger partial charge in [0.1, 0.15) is 5.82 Å². The molecule has 1 amide bonds. The van der Waals surface area contributed by atoms with E-state index in [0.717, 1.165) is 52.7 Å². The van der Waals surface area contributed by atoms with Crippen LogP contribution < -0.4 is 10.2 Å². The number of nitrogens with one attached hydrogen (secondary N) is 1. The largest absolute Gasteiger partial charge is 0.353 e. The second-order valence-corrected chi connectivity index (χ2v) is 8.70. The van der Waals surface area contributed by atoms with Crippen LogP contribution in [0.1, 0.15) is 38.8 Å². The Kier molecular flexibility index (Phi) is 5.54. The number of aromatic nitrogens is 3. The van der Waals surface area contributed by atoms with E-state index in [9.17, 15) is 9.18 Å². The number of hydrogen-bond acceptors (Lipinski definition) is 5. The van der Waals surface area contributed by atoms with E-state index in [1.54, 1.807) is 28.2 Å². The molecule has 8 heteroatoms. The first kappa shape index (κ1) is 19.8. The Bertz CT molecular complexity index is 1010. The highest BCUT2D eigenvalue weighted by Crippen LogP contribution is 2.34. The van der Waals surface area contributed by atoms with Crippen LogP contribution in [0, 0.1) is 18.7 Å². The maximum absolute atomic E-state index is 13.3. The van der Waals surface area contributed by atoms with Crippen LogP contribution in [0.5, 0.6) is 0 Å². The second-order valence-electron chi connectivity index (χ2n) is 7.73. The van der Waals surface area contributed by atoms with E-state index in [1.807, 2.05) is 13.8 Å². The third kappa shape index (κ3) is 3.99. The number of piperidine rings is 1. The quantitative estimate of drug-likeness (QED) is 0.683. The monoisotopic (exact) mass is 415 g/mol. The number of rotatable bonds is 5. The Morgan fingerprint density at radius 3 is 2.86 bits per heavy atom. The molecular weight excluding hydrogens is 389 g/mol. The number of aryl methyl sites for hydroxylation is 1. The maximum Gasteiger partial charge on any atom is 0.225 e. The molecule has 0 radical (unpaired) electrons. The summed E-state index contributed by atoms with van der Waals surface area (Å²) in [5.74, 6) is -0.152. The van der Waals surface area contributed by atoms with Gasteiger partial charge in [0.15, 0.2) is 10.8 Å². The minimum Gasteiger partial charge on any atom is -0.353 e. The molecule has 1 N–H and O–H groups in total. The van der Waals surface area contributed by atoms with E-state index in [1.165, 1.54) is 12.1 Å². The summed E-state index contributed by atoms with van der Waals surface area (Å²) in [6.45, 7) is 7.65. The number of anilines is 1. The number of amides is 1. The Hall–Kier alpha value is -2.48. The molecule has 0 saturated carbocycles. The third-order valence-electron chi connectivity index (χ3n) is 5.51. The number of benzene rings is 1. The van der Waals surface area contributed by atoms with Gasteiger partial charge >= 0.3 is 0 Å². The molecule has 0 unspecified atom stereocenters. The molecule has 0 bridgehead atoms. The third-order valence-corrected chi connectivity index (χ3v) is 6.73. The molecule has 154 valence electrons. The van der Waals surface area contributed by atoms with Crippen LogP contribution in [-0.4, -0.2) is 39.8 Å². The smallest absolute Gasteiger partial charge is 0.225 e. The van der Waals surface area contributed by atoms with E-state index >= 15 is 0 Å². The van der Waals surface area contributed by atoms with Crippen molar-refractivity contribution in [2.24, 2.45) is 5.92 Å². The summed E-state index contributed by atoms with van der Waals surface area (Å²) >= 11 is 1.61. The summed E-state index contributed by atoms with van der Waals surface area (Å²) in [5.41, 5.74) is 2.46. The molecule has 0 aliphatic carbocycles. The van der Waals surface area contributed by atoms with E-state index in [2.05, 4.69) is 22.2 Å². The maximum atomic E-state index is 13.3. The zero-order chi connectivity index (χ0) is 20.5. The molecular formula is C21H26FN5OS. The van der Waals surface area contributed by atoms with Gasteiger partial charge in [0.2, 0.25) is 5.91 Å². The Morgan fingerprint density at radius 1 is 1.38 bits per heavy atom. The molecule has 3 heterocycles. The van der Waals surface area contributed by atoms with Crippen LogP contribution in [0.4, 0.5) is 9.52 Å². The Labute approximate surface area is 173 Å². The highest BCUT2D eigenvalue weighted by Gasteiger charge is 2.28. The molecule has 4 rings (SSSR count). The fourth-order valence-corrected chi connectivity index (χ4v) is 4.67. The van der Waals surface area contributed by atoms with E-state index in [0.29, 0.717) is 6.54 Å². The molecule has 0 spiro atoms. The normalized spacial score (nSPS) is 18.2. The number of nitrogens with zero attached hydrogens (tertiary/aromatic N) is 4. The molecule has 1 fully saturated rings. The van der Waals surface area contributed by atoms with Gasteiger partial charge in [-0.25, -0.2) is 9.07 Å². The minimum absolute atomic E-state index is 0.0144. The van der Waals surface area contributed by atoms with Crippen LogP contribution in [0.2, 0.25) is 0 Å². The van der Waals surface area contributed by atoms with Gasteiger partial charge in [0.25, 0.3) is 0 Å². The zero-order valence-corrected chi connectivity index (χ0v) is 17.8. The number of thiazole rings is 1. The summed E-state index contributed by atoms with van der Waals surface area (Å²) < 4.78 is 16.1. The van der Waals surface area contributed by atoms with Gasteiger partial charge in [0.05, 0.1) is 22.0 Å². The predicted octanol–water partition coefficient (Wildman–Crippen LogP) is 4.06. The summed E-state index contributed by atoms with van der Waals surface area (Å²) in [4.78, 5) is 19.6. The van der Waals surface area contributed by atoms with Crippen molar-refractivity contribution < 1.29 is 9.18 Å². The molecule has 1 aromatic carbocycles. The lowest BCUT2D eigenvalue weighted by molar-refractivity contribution is -0.125. The van der Waals surface area contributed by atoms with Crippen molar-refractivity contribution in [1.29, 1.82) is 0 Å². The van der Waals surface area contributed by atoms with Crippen LogP contribution in [0.3, 0.4) is 0 Å². The summed E-state index contributed by atoms with van der Waals surface area (Å²) in [5, 5.41) is 8.60. The fraction of sp³-hybridized carbons (Fsp3) is 0.476. The number of carbonyl (C=O) groups is 1.